The Morgan fingerprint density at radius 2 is 0.500 bits per heavy atom. The topological polar surface area (TPSA) is 96.2 Å². The van der Waals surface area contributed by atoms with E-state index < -0.39 is 16.1 Å². The molecule has 4 aliphatic carbocycles. The number of hydrogen-bond donors (Lipinski definition) is 8. The molecule has 320 valence electrons. The second kappa shape index (κ2) is 17.7. The standard InChI is InChI=1S/C33H43Br6Cl9N8/c1-2-11(34)3-6(17(40)12(2)35)29-49-26(3)50-33-10-9(19(42)16(39)24(47)20(10)43)32(56-33)54-27-4-7(18(41)15(38)22(45)13(4)36)30(51-27)52-28-5-8(31(53-28)55-29)21(44)25(48)23(46)14(5)37/h2-33,49-56H,1H3. The van der Waals surface area contributed by atoms with Crippen molar-refractivity contribution in [2.45, 2.75) is 134 Å². The quantitative estimate of drug-likeness (QED) is 0.123. The summed E-state index contributed by atoms with van der Waals surface area (Å²) in [7, 11) is 0. The van der Waals surface area contributed by atoms with Crippen LogP contribution in [0, 0.1) is 53.3 Å². The molecule has 0 radical (unpaired) electrons. The van der Waals surface area contributed by atoms with E-state index in [0.717, 1.165) is 0 Å². The third kappa shape index (κ3) is 7.34. The van der Waals surface area contributed by atoms with Gasteiger partial charge in [-0.1, -0.05) is 103 Å². The van der Waals surface area contributed by atoms with E-state index in [2.05, 4.69) is 145 Å². The molecular formula is C33H43Br6Cl9N8. The molecule has 9 rings (SSSR count). The highest BCUT2D eigenvalue weighted by Crippen LogP contribution is 2.54. The van der Waals surface area contributed by atoms with Crippen molar-refractivity contribution in [3.8, 4) is 0 Å². The minimum absolute atomic E-state index is 0.0115. The Hall–Kier alpha value is 5.17. The van der Waals surface area contributed by atoms with Gasteiger partial charge in [-0.25, -0.2) is 0 Å². The zero-order valence-electron chi connectivity index (χ0n) is 29.1. The summed E-state index contributed by atoms with van der Waals surface area (Å²) in [5.74, 6) is -0.0678. The van der Waals surface area contributed by atoms with Crippen LogP contribution in [0.15, 0.2) is 0 Å². The fourth-order valence-corrected chi connectivity index (χ4v) is 22.1. The van der Waals surface area contributed by atoms with Gasteiger partial charge in [-0.05, 0) is 5.92 Å². The minimum atomic E-state index is -0.460. The van der Waals surface area contributed by atoms with Gasteiger partial charge >= 0.3 is 0 Å². The molecule has 4 saturated carbocycles. The first-order chi connectivity index (χ1) is 26.4. The summed E-state index contributed by atoms with van der Waals surface area (Å²) in [6.07, 6.45) is -1.81. The van der Waals surface area contributed by atoms with Gasteiger partial charge in [0, 0.05) is 76.3 Å². The van der Waals surface area contributed by atoms with Crippen LogP contribution < -0.4 is 42.5 Å². The molecule has 9 aliphatic rings. The molecular weight excluding hydrogens is 1310 g/mol. The zero-order valence-corrected chi connectivity index (χ0v) is 45.5. The maximum atomic E-state index is 7.49. The highest BCUT2D eigenvalue weighted by Gasteiger charge is 2.65. The third-order valence-corrected chi connectivity index (χ3v) is 29.7. The van der Waals surface area contributed by atoms with Gasteiger partial charge in [0.1, 0.15) is 0 Å². The Balaban J connectivity index is 1.15. The van der Waals surface area contributed by atoms with Crippen molar-refractivity contribution >= 4 is 200 Å². The molecule has 23 heteroatoms. The first-order valence-corrected chi connectivity index (χ1v) is 28.6. The highest BCUT2D eigenvalue weighted by molar-refractivity contribution is 9.10. The van der Waals surface area contributed by atoms with Crippen molar-refractivity contribution in [3.63, 3.8) is 0 Å². The number of hydrogen-bond acceptors (Lipinski definition) is 8. The van der Waals surface area contributed by atoms with Gasteiger partial charge < -0.3 is 0 Å². The Bertz CT molecular complexity index is 1180. The number of fused-ring (bicyclic) bond motifs is 20. The van der Waals surface area contributed by atoms with Crippen molar-refractivity contribution < 1.29 is 0 Å². The Labute approximate surface area is 424 Å². The molecule has 8 N–H and O–H groups in total. The van der Waals surface area contributed by atoms with Crippen LogP contribution in [-0.4, -0.2) is 127 Å². The van der Waals surface area contributed by atoms with Crippen LogP contribution in [0.4, 0.5) is 0 Å². The van der Waals surface area contributed by atoms with Crippen molar-refractivity contribution in [2.24, 2.45) is 53.3 Å². The van der Waals surface area contributed by atoms with E-state index in [-0.39, 0.29) is 164 Å². The molecule has 5 saturated heterocycles. The lowest BCUT2D eigenvalue weighted by Gasteiger charge is -2.46. The number of nitrogens with one attached hydrogen (secondary N) is 8. The average Bonchev–Trinajstić information content (AvgIpc) is 3.92. The Kier molecular flexibility index (Phi) is 14.6. The Morgan fingerprint density at radius 3 is 0.929 bits per heavy atom. The molecule has 0 spiro atoms. The van der Waals surface area contributed by atoms with E-state index in [9.17, 15) is 0 Å². The largest absolute Gasteiger partial charge is 0.286 e. The fourth-order valence-electron chi connectivity index (χ4n) is 12.0. The van der Waals surface area contributed by atoms with Crippen molar-refractivity contribution in [1.29, 1.82) is 0 Å². The van der Waals surface area contributed by atoms with Crippen molar-refractivity contribution in [2.75, 3.05) is 0 Å². The normalized spacial score (nSPS) is 66.0. The second-order valence-electron chi connectivity index (χ2n) is 17.3. The molecule has 32 atom stereocenters. The van der Waals surface area contributed by atoms with Gasteiger partial charge in [0.2, 0.25) is 0 Å². The maximum absolute atomic E-state index is 7.49. The summed E-state index contributed by atoms with van der Waals surface area (Å²) >= 11 is 89.3. The summed E-state index contributed by atoms with van der Waals surface area (Å²) < 4.78 is 0. The summed E-state index contributed by atoms with van der Waals surface area (Å²) in [6, 6.07) is 0. The van der Waals surface area contributed by atoms with Gasteiger partial charge in [-0.2, -0.15) is 0 Å². The van der Waals surface area contributed by atoms with E-state index in [1.54, 1.807) is 0 Å². The molecule has 0 aromatic heterocycles. The highest BCUT2D eigenvalue weighted by atomic mass is 79.9. The molecule has 5 aliphatic heterocycles. The monoisotopic (exact) mass is 1340 g/mol. The van der Waals surface area contributed by atoms with Crippen molar-refractivity contribution in [3.05, 3.63) is 0 Å². The lowest BCUT2D eigenvalue weighted by atomic mass is 9.73. The fraction of sp³-hybridized carbons (Fsp3) is 1.00. The lowest BCUT2D eigenvalue weighted by Crippen LogP contribution is -2.62. The smallest absolute Gasteiger partial charge is 0.0678 e. The van der Waals surface area contributed by atoms with Crippen LogP contribution in [0.25, 0.3) is 0 Å². The molecule has 8 bridgehead atoms. The van der Waals surface area contributed by atoms with Crippen molar-refractivity contribution in [1.82, 2.24) is 42.5 Å². The Morgan fingerprint density at radius 1 is 0.250 bits per heavy atom. The molecule has 32 unspecified atom stereocenters. The summed E-state index contributed by atoms with van der Waals surface area (Å²) in [5.41, 5.74) is 0. The third-order valence-electron chi connectivity index (χ3n) is 14.7. The number of rotatable bonds is 0. The molecule has 5 heterocycles. The second-order valence-corrected chi connectivity index (χ2v) is 28.2. The minimum Gasteiger partial charge on any atom is -0.286 e. The van der Waals surface area contributed by atoms with E-state index >= 15 is 0 Å². The van der Waals surface area contributed by atoms with E-state index in [1.807, 2.05) is 0 Å². The van der Waals surface area contributed by atoms with Crippen LogP contribution in [0.5, 0.6) is 0 Å². The van der Waals surface area contributed by atoms with E-state index in [0.29, 0.717) is 0 Å². The van der Waals surface area contributed by atoms with Crippen LogP contribution >= 0.6 is 200 Å². The zero-order chi connectivity index (χ0) is 40.1. The maximum Gasteiger partial charge on any atom is 0.0678 e. The van der Waals surface area contributed by atoms with Gasteiger partial charge in [0.15, 0.2) is 0 Å². The van der Waals surface area contributed by atoms with Crippen LogP contribution in [-0.2, 0) is 0 Å². The summed E-state index contributed by atoms with van der Waals surface area (Å²) in [6.45, 7) is 2.24. The molecule has 8 nitrogen and oxygen atoms in total. The first-order valence-electron chi connectivity index (χ1n) is 19.1. The molecule has 0 aromatic rings. The van der Waals surface area contributed by atoms with Crippen LogP contribution in [0.2, 0.25) is 0 Å². The molecule has 0 amide bonds. The predicted octanol–water partition coefficient (Wildman–Crippen LogP) is 7.05. The number of halogens is 15. The SMILES string of the molecule is CC1C(Br)C(Cl)C2C3NC4NC(NC5NC(NC6NC(NC(N3)C2C1Br)C1C(Cl)C(Cl)C(Br)C(Cl)C61)C1C(Br)C(Cl)C(Br)C(Cl)C51)C1C(Br)C(Cl)C(Cl)C(Cl)C41. The average molecular weight is 1350 g/mol. The molecule has 0 aromatic carbocycles. The van der Waals surface area contributed by atoms with E-state index in [1.165, 1.54) is 0 Å². The number of alkyl halides is 15. The first kappa shape index (κ1) is 46.3. The predicted molar refractivity (Wildman–Crippen MR) is 256 cm³/mol. The summed E-state index contributed by atoms with van der Waals surface area (Å²) in [5, 5.41) is 28.8. The van der Waals surface area contributed by atoms with Gasteiger partial charge in [-0.15, -0.1) is 104 Å². The van der Waals surface area contributed by atoms with Gasteiger partial charge in [0.05, 0.1) is 97.7 Å². The van der Waals surface area contributed by atoms with Gasteiger partial charge in [-0.3, -0.25) is 42.5 Å². The van der Waals surface area contributed by atoms with Crippen LogP contribution in [0.1, 0.15) is 6.92 Å². The summed E-state index contributed by atoms with van der Waals surface area (Å²) in [4.78, 5) is -0.346. The molecule has 56 heavy (non-hydrogen) atoms. The van der Waals surface area contributed by atoms with Gasteiger partial charge in [0.25, 0.3) is 0 Å². The lowest BCUT2D eigenvalue weighted by molar-refractivity contribution is 0.171. The molecule has 9 fully saturated rings. The van der Waals surface area contributed by atoms with E-state index in [4.69, 9.17) is 104 Å². The van der Waals surface area contributed by atoms with Crippen LogP contribution in [0.3, 0.4) is 0 Å².